The van der Waals surface area contributed by atoms with E-state index >= 15 is 0 Å². The molecule has 0 atom stereocenters. The summed E-state index contributed by atoms with van der Waals surface area (Å²) in [7, 11) is 0. The van der Waals surface area contributed by atoms with Crippen molar-refractivity contribution in [3.8, 4) is 28.4 Å². The minimum atomic E-state index is 0.262. The van der Waals surface area contributed by atoms with Crippen molar-refractivity contribution in [2.24, 2.45) is 0 Å². The highest BCUT2D eigenvalue weighted by Gasteiger charge is 2.18. The van der Waals surface area contributed by atoms with Gasteiger partial charge in [-0.1, -0.05) is 18.2 Å². The minimum absolute atomic E-state index is 0.262. The highest BCUT2D eigenvalue weighted by Crippen LogP contribution is 2.36. The Morgan fingerprint density at radius 3 is 2.61 bits per heavy atom. The molecule has 0 spiro atoms. The van der Waals surface area contributed by atoms with Crippen LogP contribution in [0.4, 0.5) is 0 Å². The average molecular weight is 415 g/mol. The Morgan fingerprint density at radius 2 is 1.81 bits per heavy atom. The normalized spacial score (nSPS) is 12.5. The van der Waals surface area contributed by atoms with Gasteiger partial charge < -0.3 is 14.8 Å². The van der Waals surface area contributed by atoms with Gasteiger partial charge in [0.25, 0.3) is 0 Å². The zero-order chi connectivity index (χ0) is 21.2. The maximum atomic E-state index is 5.57. The van der Waals surface area contributed by atoms with Gasteiger partial charge >= 0.3 is 0 Å². The first-order chi connectivity index (χ1) is 15.2. The lowest BCUT2D eigenvalue weighted by molar-refractivity contribution is 0.174. The van der Waals surface area contributed by atoms with Crippen molar-refractivity contribution in [3.05, 3.63) is 77.7 Å². The van der Waals surface area contributed by atoms with E-state index in [4.69, 9.17) is 14.6 Å². The van der Waals surface area contributed by atoms with Gasteiger partial charge in [0.15, 0.2) is 11.5 Å². The van der Waals surface area contributed by atoms with Crippen molar-refractivity contribution in [3.63, 3.8) is 0 Å². The molecule has 0 unspecified atom stereocenters. The van der Waals surface area contributed by atoms with E-state index in [2.05, 4.69) is 41.7 Å². The second-order valence-electron chi connectivity index (χ2n) is 7.68. The van der Waals surface area contributed by atoms with E-state index in [1.54, 1.807) is 0 Å². The van der Waals surface area contributed by atoms with Gasteiger partial charge in [-0.05, 0) is 50.2 Å². The van der Waals surface area contributed by atoms with Gasteiger partial charge in [-0.25, -0.2) is 4.68 Å². The Bertz CT molecular complexity index is 1200. The third-order valence-electron chi connectivity index (χ3n) is 5.38. The number of ether oxygens (including phenoxy) is 2. The second-order valence-corrected chi connectivity index (χ2v) is 7.68. The van der Waals surface area contributed by atoms with Crippen LogP contribution in [-0.2, 0) is 13.1 Å². The number of nitrogens with one attached hydrogen (secondary N) is 1. The molecular formula is C24H25N5O2. The maximum Gasteiger partial charge on any atom is 0.231 e. The van der Waals surface area contributed by atoms with E-state index in [1.165, 1.54) is 5.69 Å². The summed E-state index contributed by atoms with van der Waals surface area (Å²) in [6.07, 6.45) is 2.09. The smallest absolute Gasteiger partial charge is 0.231 e. The summed E-state index contributed by atoms with van der Waals surface area (Å²) >= 11 is 0. The fourth-order valence-corrected chi connectivity index (χ4v) is 3.85. The third-order valence-corrected chi connectivity index (χ3v) is 5.38. The van der Waals surface area contributed by atoms with Crippen LogP contribution in [0, 0.1) is 13.8 Å². The Morgan fingerprint density at radius 1 is 0.968 bits per heavy atom. The zero-order valence-electron chi connectivity index (χ0n) is 17.7. The second kappa shape index (κ2) is 8.28. The third kappa shape index (κ3) is 4.04. The van der Waals surface area contributed by atoms with Crippen LogP contribution in [0.3, 0.4) is 0 Å². The van der Waals surface area contributed by atoms with Crippen LogP contribution in [0.15, 0.2) is 60.8 Å². The Kier molecular flexibility index (Phi) is 5.18. The maximum absolute atomic E-state index is 5.57. The van der Waals surface area contributed by atoms with E-state index in [1.807, 2.05) is 52.7 Å². The Labute approximate surface area is 181 Å². The van der Waals surface area contributed by atoms with Crippen molar-refractivity contribution >= 4 is 0 Å². The number of benzene rings is 2. The number of nitrogens with zero attached hydrogens (tertiary/aromatic N) is 4. The number of fused-ring (bicyclic) bond motifs is 1. The topological polar surface area (TPSA) is 66.1 Å². The molecule has 0 saturated carbocycles. The molecule has 0 amide bonds. The quantitative estimate of drug-likeness (QED) is 0.464. The molecule has 1 aliphatic rings. The van der Waals surface area contributed by atoms with E-state index < -0.39 is 0 Å². The molecule has 1 N–H and O–H groups in total. The van der Waals surface area contributed by atoms with Crippen LogP contribution in [0.1, 0.15) is 17.0 Å². The SMILES string of the molecule is Cc1cc(C)n(CCNCc2cn(-c3ccccc3)nc2-c2ccc3c(c2)OCO3)n1. The average Bonchev–Trinajstić information content (AvgIpc) is 3.49. The van der Waals surface area contributed by atoms with Crippen LogP contribution in [0.5, 0.6) is 11.5 Å². The summed E-state index contributed by atoms with van der Waals surface area (Å²) in [5.41, 5.74) is 6.31. The summed E-state index contributed by atoms with van der Waals surface area (Å²) in [6.45, 7) is 6.72. The first-order valence-electron chi connectivity index (χ1n) is 10.4. The molecule has 2 aromatic heterocycles. The summed E-state index contributed by atoms with van der Waals surface area (Å²) < 4.78 is 15.0. The molecule has 3 heterocycles. The molecule has 0 bridgehead atoms. The molecule has 4 aromatic rings. The van der Waals surface area contributed by atoms with E-state index in [0.717, 1.165) is 52.8 Å². The molecule has 0 radical (unpaired) electrons. The minimum Gasteiger partial charge on any atom is -0.454 e. The number of aryl methyl sites for hydroxylation is 2. The monoisotopic (exact) mass is 415 g/mol. The molecule has 7 nitrogen and oxygen atoms in total. The Hall–Kier alpha value is -3.58. The molecule has 31 heavy (non-hydrogen) atoms. The lowest BCUT2D eigenvalue weighted by Gasteiger charge is -2.07. The fraction of sp³-hybridized carbons (Fsp3) is 0.250. The van der Waals surface area contributed by atoms with E-state index in [-0.39, 0.29) is 6.79 Å². The van der Waals surface area contributed by atoms with Gasteiger partial charge in [0.2, 0.25) is 6.79 Å². The van der Waals surface area contributed by atoms with Gasteiger partial charge in [0.05, 0.1) is 23.6 Å². The summed E-state index contributed by atoms with van der Waals surface area (Å²) in [6, 6.07) is 18.2. The Balaban J connectivity index is 1.38. The summed E-state index contributed by atoms with van der Waals surface area (Å²) in [4.78, 5) is 0. The number of rotatable bonds is 7. The van der Waals surface area contributed by atoms with E-state index in [0.29, 0.717) is 6.54 Å². The molecule has 0 saturated heterocycles. The predicted molar refractivity (Wildman–Crippen MR) is 119 cm³/mol. The molecule has 158 valence electrons. The molecule has 0 aliphatic carbocycles. The van der Waals surface area contributed by atoms with Gasteiger partial charge in [-0.3, -0.25) is 4.68 Å². The summed E-state index contributed by atoms with van der Waals surface area (Å²) in [5.74, 6) is 1.53. The van der Waals surface area contributed by atoms with Gasteiger partial charge in [0, 0.05) is 36.1 Å². The molecule has 2 aromatic carbocycles. The predicted octanol–water partition coefficient (Wildman–Crippen LogP) is 3.87. The molecule has 5 rings (SSSR count). The van der Waals surface area contributed by atoms with Crippen molar-refractivity contribution in [1.29, 1.82) is 0 Å². The lowest BCUT2D eigenvalue weighted by atomic mass is 10.1. The number of aromatic nitrogens is 4. The molecule has 1 aliphatic heterocycles. The molecule has 0 fully saturated rings. The number of hydrogen-bond acceptors (Lipinski definition) is 5. The highest BCUT2D eigenvalue weighted by atomic mass is 16.7. The van der Waals surface area contributed by atoms with Gasteiger partial charge in [-0.15, -0.1) is 0 Å². The molecule has 7 heteroatoms. The van der Waals surface area contributed by atoms with Crippen molar-refractivity contribution < 1.29 is 9.47 Å². The summed E-state index contributed by atoms with van der Waals surface area (Å²) in [5, 5.41) is 13.0. The van der Waals surface area contributed by atoms with Crippen LogP contribution < -0.4 is 14.8 Å². The van der Waals surface area contributed by atoms with Crippen LogP contribution in [0.2, 0.25) is 0 Å². The van der Waals surface area contributed by atoms with Crippen molar-refractivity contribution in [1.82, 2.24) is 24.9 Å². The van der Waals surface area contributed by atoms with Gasteiger partial charge in [0.1, 0.15) is 0 Å². The zero-order valence-corrected chi connectivity index (χ0v) is 17.7. The number of para-hydroxylation sites is 1. The van der Waals surface area contributed by atoms with Crippen LogP contribution in [-0.4, -0.2) is 32.9 Å². The van der Waals surface area contributed by atoms with Gasteiger partial charge in [-0.2, -0.15) is 10.2 Å². The standard InChI is InChI=1S/C24H25N5O2/c1-17-12-18(2)28(26-17)11-10-25-14-20-15-29(21-6-4-3-5-7-21)27-24(20)19-8-9-22-23(13-19)31-16-30-22/h3-9,12-13,15,25H,10-11,14,16H2,1-2H3. The first kappa shape index (κ1) is 19.4. The fourth-order valence-electron chi connectivity index (χ4n) is 3.85. The van der Waals surface area contributed by atoms with Crippen molar-refractivity contribution in [2.45, 2.75) is 26.9 Å². The van der Waals surface area contributed by atoms with Crippen LogP contribution >= 0.6 is 0 Å². The highest BCUT2D eigenvalue weighted by molar-refractivity contribution is 5.67. The first-order valence-corrected chi connectivity index (χ1v) is 10.4. The van der Waals surface area contributed by atoms with E-state index in [9.17, 15) is 0 Å². The lowest BCUT2D eigenvalue weighted by Crippen LogP contribution is -2.20. The van der Waals surface area contributed by atoms with Crippen LogP contribution in [0.25, 0.3) is 16.9 Å². The largest absolute Gasteiger partial charge is 0.454 e. The van der Waals surface area contributed by atoms with Crippen molar-refractivity contribution in [2.75, 3.05) is 13.3 Å². The molecular weight excluding hydrogens is 390 g/mol. The number of hydrogen-bond donors (Lipinski definition) is 1.